The first-order chi connectivity index (χ1) is 11.3. The van der Waals surface area contributed by atoms with Crippen molar-refractivity contribution in [3.63, 3.8) is 0 Å². The Kier molecular flexibility index (Phi) is 4.68. The van der Waals surface area contributed by atoms with E-state index in [9.17, 15) is 4.79 Å². The van der Waals surface area contributed by atoms with Gasteiger partial charge in [-0.1, -0.05) is 26.8 Å². The average molecular weight is 329 g/mol. The Labute approximate surface area is 143 Å². The first-order valence-electron chi connectivity index (χ1n) is 8.71. The molecule has 0 unspecified atom stereocenters. The Bertz CT molecular complexity index is 718. The zero-order valence-corrected chi connectivity index (χ0v) is 15.1. The molecule has 0 atom stereocenters. The van der Waals surface area contributed by atoms with Crippen LogP contribution in [0.2, 0.25) is 0 Å². The summed E-state index contributed by atoms with van der Waals surface area (Å²) in [6.07, 6.45) is 3.85. The molecule has 0 bridgehead atoms. The second-order valence-corrected chi connectivity index (χ2v) is 7.89. The van der Waals surface area contributed by atoms with E-state index in [2.05, 4.69) is 44.9 Å². The van der Waals surface area contributed by atoms with E-state index >= 15 is 0 Å². The largest absolute Gasteiger partial charge is 0.464 e. The molecule has 0 saturated carbocycles. The van der Waals surface area contributed by atoms with Crippen LogP contribution in [0.25, 0.3) is 11.0 Å². The lowest BCUT2D eigenvalue weighted by Gasteiger charge is -2.28. The molecule has 0 aliphatic carbocycles. The van der Waals surface area contributed by atoms with Gasteiger partial charge in [0, 0.05) is 24.0 Å². The summed E-state index contributed by atoms with van der Waals surface area (Å²) in [5, 5.41) is 1.02. The van der Waals surface area contributed by atoms with E-state index < -0.39 is 0 Å². The van der Waals surface area contributed by atoms with E-state index in [1.807, 2.05) is 6.07 Å². The molecule has 4 heteroatoms. The quantitative estimate of drug-likeness (QED) is 0.801. The highest BCUT2D eigenvalue weighted by molar-refractivity contribution is 5.86. The molecular weight excluding hydrogens is 302 g/mol. The number of esters is 1. The molecule has 0 amide bonds. The van der Waals surface area contributed by atoms with Crippen molar-refractivity contribution in [2.24, 2.45) is 0 Å². The number of carbonyl (C=O) groups excluding carboxylic acids is 1. The molecular formula is C20H27NO3. The second-order valence-electron chi connectivity index (χ2n) is 7.89. The average Bonchev–Trinajstić information content (AvgIpc) is 2.91. The summed E-state index contributed by atoms with van der Waals surface area (Å²) in [6, 6.07) is 6.21. The zero-order valence-electron chi connectivity index (χ0n) is 15.1. The second kappa shape index (κ2) is 6.60. The van der Waals surface area contributed by atoms with Crippen molar-refractivity contribution in [3.05, 3.63) is 35.6 Å². The predicted molar refractivity (Wildman–Crippen MR) is 95.2 cm³/mol. The first kappa shape index (κ1) is 17.0. The molecule has 4 nitrogen and oxygen atoms in total. The molecule has 2 aromatic rings. The van der Waals surface area contributed by atoms with Gasteiger partial charge in [0.1, 0.15) is 11.7 Å². The Morgan fingerprint density at radius 3 is 2.67 bits per heavy atom. The van der Waals surface area contributed by atoms with Crippen molar-refractivity contribution in [2.45, 2.75) is 51.6 Å². The number of benzene rings is 1. The molecule has 3 rings (SSSR count). The molecule has 1 aliphatic rings. The highest BCUT2D eigenvalue weighted by atomic mass is 16.5. The van der Waals surface area contributed by atoms with E-state index in [1.54, 1.807) is 6.26 Å². The van der Waals surface area contributed by atoms with Gasteiger partial charge in [0.2, 0.25) is 0 Å². The highest BCUT2D eigenvalue weighted by Crippen LogP contribution is 2.29. The lowest BCUT2D eigenvalue weighted by molar-refractivity contribution is -0.150. The maximum Gasteiger partial charge on any atom is 0.310 e. The molecule has 0 spiro atoms. The summed E-state index contributed by atoms with van der Waals surface area (Å²) < 4.78 is 11.3. The number of rotatable bonds is 3. The molecule has 130 valence electrons. The number of hydrogen-bond acceptors (Lipinski definition) is 4. The summed E-state index contributed by atoms with van der Waals surface area (Å²) in [7, 11) is 2.10. The standard InChI is InChI=1S/C20H27NO3/c1-20(2,3)15-5-6-18-17(12-15)14(13-23-18)11-19(22)24-16-7-9-21(4)10-8-16/h5-6,12-13,16H,7-11H2,1-4H3. The number of piperidine rings is 1. The SMILES string of the molecule is CN1CCC(OC(=O)Cc2coc3ccc(C(C)(C)C)cc23)CC1. The maximum atomic E-state index is 12.3. The van der Waals surface area contributed by atoms with Crippen molar-refractivity contribution in [2.75, 3.05) is 20.1 Å². The number of likely N-dealkylation sites (tertiary alicyclic amines) is 1. The predicted octanol–water partition coefficient (Wildman–Crippen LogP) is 3.91. The summed E-state index contributed by atoms with van der Waals surface area (Å²) >= 11 is 0. The van der Waals surface area contributed by atoms with Crippen LogP contribution >= 0.6 is 0 Å². The molecule has 0 N–H and O–H groups in total. The molecule has 1 aromatic heterocycles. The lowest BCUT2D eigenvalue weighted by atomic mass is 9.86. The Morgan fingerprint density at radius 1 is 1.29 bits per heavy atom. The number of carbonyl (C=O) groups is 1. The van der Waals surface area contributed by atoms with Gasteiger partial charge in [-0.05, 0) is 43.0 Å². The minimum absolute atomic E-state index is 0.0528. The normalized spacial score (nSPS) is 17.3. The third-order valence-electron chi connectivity index (χ3n) is 4.82. The third-order valence-corrected chi connectivity index (χ3v) is 4.82. The Balaban J connectivity index is 1.71. The molecule has 1 aromatic carbocycles. The van der Waals surface area contributed by atoms with Crippen LogP contribution in [0.15, 0.2) is 28.9 Å². The van der Waals surface area contributed by atoms with Gasteiger partial charge in [0.25, 0.3) is 0 Å². The van der Waals surface area contributed by atoms with E-state index in [-0.39, 0.29) is 23.9 Å². The van der Waals surface area contributed by atoms with Crippen LogP contribution < -0.4 is 0 Å². The smallest absolute Gasteiger partial charge is 0.310 e. The van der Waals surface area contributed by atoms with E-state index in [0.717, 1.165) is 42.5 Å². The van der Waals surface area contributed by atoms with Gasteiger partial charge in [0.05, 0.1) is 12.7 Å². The van der Waals surface area contributed by atoms with Gasteiger partial charge in [-0.15, -0.1) is 0 Å². The van der Waals surface area contributed by atoms with Crippen LogP contribution in [-0.2, 0) is 21.4 Å². The number of furan rings is 1. The summed E-state index contributed by atoms with van der Waals surface area (Å²) in [4.78, 5) is 14.6. The van der Waals surface area contributed by atoms with Crippen molar-refractivity contribution >= 4 is 16.9 Å². The summed E-state index contributed by atoms with van der Waals surface area (Å²) in [6.45, 7) is 8.52. The lowest BCUT2D eigenvalue weighted by Crippen LogP contribution is -2.35. The van der Waals surface area contributed by atoms with Gasteiger partial charge in [-0.2, -0.15) is 0 Å². The molecule has 24 heavy (non-hydrogen) atoms. The molecule has 0 radical (unpaired) electrons. The Morgan fingerprint density at radius 2 is 2.00 bits per heavy atom. The summed E-state index contributed by atoms with van der Waals surface area (Å²) in [5.74, 6) is -0.159. The highest BCUT2D eigenvalue weighted by Gasteiger charge is 2.22. The van der Waals surface area contributed by atoms with E-state index in [1.165, 1.54) is 5.56 Å². The molecule has 1 fully saturated rings. The van der Waals surface area contributed by atoms with Crippen molar-refractivity contribution in [1.82, 2.24) is 4.90 Å². The van der Waals surface area contributed by atoms with Gasteiger partial charge in [0.15, 0.2) is 0 Å². The zero-order chi connectivity index (χ0) is 17.3. The topological polar surface area (TPSA) is 42.7 Å². The minimum Gasteiger partial charge on any atom is -0.464 e. The van der Waals surface area contributed by atoms with Crippen LogP contribution in [0.3, 0.4) is 0 Å². The fraction of sp³-hybridized carbons (Fsp3) is 0.550. The number of nitrogens with zero attached hydrogens (tertiary/aromatic N) is 1. The van der Waals surface area contributed by atoms with Crippen molar-refractivity contribution in [3.8, 4) is 0 Å². The van der Waals surface area contributed by atoms with E-state index in [4.69, 9.17) is 9.15 Å². The Hall–Kier alpha value is -1.81. The van der Waals surface area contributed by atoms with Crippen molar-refractivity contribution < 1.29 is 13.9 Å². The molecule has 1 saturated heterocycles. The fourth-order valence-electron chi connectivity index (χ4n) is 3.17. The van der Waals surface area contributed by atoms with Crippen LogP contribution in [0.4, 0.5) is 0 Å². The maximum absolute atomic E-state index is 12.3. The molecule has 1 aliphatic heterocycles. The van der Waals surface area contributed by atoms with E-state index in [0.29, 0.717) is 0 Å². The number of hydrogen-bond donors (Lipinski definition) is 0. The number of ether oxygens (including phenoxy) is 1. The minimum atomic E-state index is -0.159. The van der Waals surface area contributed by atoms with Crippen LogP contribution in [0.5, 0.6) is 0 Å². The van der Waals surface area contributed by atoms with Crippen LogP contribution in [0, 0.1) is 0 Å². The fourth-order valence-corrected chi connectivity index (χ4v) is 3.17. The van der Waals surface area contributed by atoms with Gasteiger partial charge in [-0.25, -0.2) is 0 Å². The van der Waals surface area contributed by atoms with Crippen LogP contribution in [0.1, 0.15) is 44.7 Å². The van der Waals surface area contributed by atoms with Gasteiger partial charge < -0.3 is 14.1 Å². The molecule has 2 heterocycles. The summed E-state index contributed by atoms with van der Waals surface area (Å²) in [5.41, 5.74) is 3.04. The monoisotopic (exact) mass is 329 g/mol. The third kappa shape index (κ3) is 3.81. The first-order valence-corrected chi connectivity index (χ1v) is 8.71. The van der Waals surface area contributed by atoms with Crippen molar-refractivity contribution in [1.29, 1.82) is 0 Å². The van der Waals surface area contributed by atoms with Gasteiger partial charge >= 0.3 is 5.97 Å². The van der Waals surface area contributed by atoms with Crippen LogP contribution in [-0.4, -0.2) is 37.1 Å². The number of fused-ring (bicyclic) bond motifs is 1. The van der Waals surface area contributed by atoms with Gasteiger partial charge in [-0.3, -0.25) is 4.79 Å².